The molecule has 1 unspecified atom stereocenters. The van der Waals surface area contributed by atoms with E-state index >= 15 is 0 Å². The van der Waals surface area contributed by atoms with E-state index in [1.54, 1.807) is 0 Å². The molecule has 118 valence electrons. The predicted octanol–water partition coefficient (Wildman–Crippen LogP) is 2.51. The zero-order valence-electron chi connectivity index (χ0n) is 13.5. The van der Waals surface area contributed by atoms with Crippen LogP contribution in [-0.4, -0.2) is 41.3 Å². The molecule has 0 bridgehead atoms. The van der Waals surface area contributed by atoms with E-state index in [4.69, 9.17) is 5.11 Å². The molecule has 1 fully saturated rings. The highest BCUT2D eigenvalue weighted by Gasteiger charge is 2.23. The summed E-state index contributed by atoms with van der Waals surface area (Å²) in [6.45, 7) is 9.46. The maximum absolute atomic E-state index is 9.16. The molecule has 1 aromatic rings. The number of aromatic nitrogens is 2. The topological polar surface area (TPSA) is 61.3 Å². The number of nitrogens with one attached hydrogen (secondary N) is 1. The van der Waals surface area contributed by atoms with Crippen LogP contribution >= 0.6 is 0 Å². The molecule has 2 N–H and O–H groups in total. The summed E-state index contributed by atoms with van der Waals surface area (Å²) in [5, 5.41) is 12.6. The van der Waals surface area contributed by atoms with Crippen molar-refractivity contribution in [1.82, 2.24) is 9.97 Å². The van der Waals surface area contributed by atoms with Gasteiger partial charge in [0.2, 0.25) is 0 Å². The summed E-state index contributed by atoms with van der Waals surface area (Å²) in [4.78, 5) is 11.6. The van der Waals surface area contributed by atoms with Crippen molar-refractivity contribution in [3.63, 3.8) is 0 Å². The Morgan fingerprint density at radius 2 is 2.14 bits per heavy atom. The number of aliphatic hydroxyl groups excluding tert-OH is 1. The maximum Gasteiger partial charge on any atom is 0.137 e. The maximum atomic E-state index is 9.16. The van der Waals surface area contributed by atoms with Crippen molar-refractivity contribution in [2.75, 3.05) is 36.5 Å². The average Bonchev–Trinajstić information content (AvgIpc) is 2.48. The molecular weight excluding hydrogens is 264 g/mol. The number of hydrogen-bond acceptors (Lipinski definition) is 5. The van der Waals surface area contributed by atoms with E-state index in [9.17, 15) is 0 Å². The molecule has 5 heteroatoms. The van der Waals surface area contributed by atoms with Gasteiger partial charge >= 0.3 is 0 Å². The predicted molar refractivity (Wildman–Crippen MR) is 86.9 cm³/mol. The molecule has 0 spiro atoms. The number of rotatable bonds is 6. The third kappa shape index (κ3) is 4.06. The highest BCUT2D eigenvalue weighted by molar-refractivity contribution is 5.58. The molecule has 0 saturated carbocycles. The van der Waals surface area contributed by atoms with Gasteiger partial charge in [-0.1, -0.05) is 6.92 Å². The van der Waals surface area contributed by atoms with E-state index in [0.717, 1.165) is 55.5 Å². The van der Waals surface area contributed by atoms with Gasteiger partial charge in [-0.3, -0.25) is 0 Å². The molecule has 0 aliphatic carbocycles. The lowest BCUT2D eigenvalue weighted by molar-refractivity contribution is 0.244. The van der Waals surface area contributed by atoms with Crippen LogP contribution in [0.15, 0.2) is 0 Å². The Balaban J connectivity index is 2.19. The quantitative estimate of drug-likeness (QED) is 0.843. The molecular formula is C16H28N4O. The minimum atomic E-state index is 0.281. The third-order valence-electron chi connectivity index (χ3n) is 4.13. The second kappa shape index (κ2) is 7.59. The summed E-state index contributed by atoms with van der Waals surface area (Å²) >= 11 is 0. The van der Waals surface area contributed by atoms with Crippen LogP contribution in [0.1, 0.15) is 44.0 Å². The molecule has 1 aliphatic rings. The molecule has 2 rings (SSSR count). The molecule has 0 aromatic carbocycles. The second-order valence-corrected chi connectivity index (χ2v) is 5.96. The first-order valence-electron chi connectivity index (χ1n) is 8.10. The van der Waals surface area contributed by atoms with Crippen LogP contribution in [0.3, 0.4) is 0 Å². The molecule has 0 amide bonds. The Morgan fingerprint density at radius 1 is 1.33 bits per heavy atom. The minimum Gasteiger partial charge on any atom is -0.396 e. The lowest BCUT2D eigenvalue weighted by Gasteiger charge is -2.34. The zero-order chi connectivity index (χ0) is 15.2. The molecule has 5 nitrogen and oxygen atoms in total. The van der Waals surface area contributed by atoms with E-state index < -0.39 is 0 Å². The number of piperidine rings is 1. The molecule has 1 aliphatic heterocycles. The number of aryl methyl sites for hydroxylation is 1. The van der Waals surface area contributed by atoms with Crippen LogP contribution in [0, 0.1) is 19.8 Å². The van der Waals surface area contributed by atoms with Gasteiger partial charge in [0, 0.05) is 31.8 Å². The van der Waals surface area contributed by atoms with Crippen molar-refractivity contribution in [2.24, 2.45) is 5.92 Å². The largest absolute Gasteiger partial charge is 0.396 e. The van der Waals surface area contributed by atoms with Crippen LogP contribution in [0.2, 0.25) is 0 Å². The van der Waals surface area contributed by atoms with E-state index in [1.165, 1.54) is 12.8 Å². The smallest absolute Gasteiger partial charge is 0.137 e. The summed E-state index contributed by atoms with van der Waals surface area (Å²) < 4.78 is 0. The van der Waals surface area contributed by atoms with E-state index in [2.05, 4.69) is 34.0 Å². The summed E-state index contributed by atoms with van der Waals surface area (Å²) in [7, 11) is 0. The van der Waals surface area contributed by atoms with Crippen LogP contribution in [0.4, 0.5) is 11.6 Å². The summed E-state index contributed by atoms with van der Waals surface area (Å²) in [5.41, 5.74) is 1.14. The Labute approximate surface area is 127 Å². The monoisotopic (exact) mass is 292 g/mol. The van der Waals surface area contributed by atoms with E-state index in [1.807, 2.05) is 6.92 Å². The number of nitrogens with zero attached hydrogens (tertiary/aromatic N) is 3. The van der Waals surface area contributed by atoms with Gasteiger partial charge in [-0.05, 0) is 45.4 Å². The van der Waals surface area contributed by atoms with Crippen molar-refractivity contribution in [1.29, 1.82) is 0 Å². The Kier molecular flexibility index (Phi) is 5.79. The fraction of sp³-hybridized carbons (Fsp3) is 0.750. The van der Waals surface area contributed by atoms with Crippen molar-refractivity contribution in [3.8, 4) is 0 Å². The number of hydrogen-bond donors (Lipinski definition) is 2. The van der Waals surface area contributed by atoms with E-state index in [0.29, 0.717) is 5.92 Å². The van der Waals surface area contributed by atoms with Gasteiger partial charge in [-0.2, -0.15) is 0 Å². The zero-order valence-corrected chi connectivity index (χ0v) is 13.5. The first kappa shape index (κ1) is 16.0. The molecule has 1 atom stereocenters. The standard InChI is InChI=1S/C16H28N4O/c1-4-8-17-15-12(2)16(19-13(3)18-15)20-9-5-6-14(11-20)7-10-21/h14,21H,4-11H2,1-3H3,(H,17,18,19). The van der Waals surface area contributed by atoms with Crippen LogP contribution in [0.25, 0.3) is 0 Å². The van der Waals surface area contributed by atoms with Crippen molar-refractivity contribution >= 4 is 11.6 Å². The fourth-order valence-electron chi connectivity index (χ4n) is 3.01. The first-order valence-corrected chi connectivity index (χ1v) is 8.10. The fourth-order valence-corrected chi connectivity index (χ4v) is 3.01. The Morgan fingerprint density at radius 3 is 2.86 bits per heavy atom. The first-order chi connectivity index (χ1) is 10.2. The summed E-state index contributed by atoms with van der Waals surface area (Å²) in [6.07, 6.45) is 4.35. The lowest BCUT2D eigenvalue weighted by atomic mass is 9.95. The molecule has 0 radical (unpaired) electrons. The molecule has 1 aromatic heterocycles. The van der Waals surface area contributed by atoms with Crippen LogP contribution < -0.4 is 10.2 Å². The van der Waals surface area contributed by atoms with E-state index in [-0.39, 0.29) is 6.61 Å². The van der Waals surface area contributed by atoms with Gasteiger partial charge < -0.3 is 15.3 Å². The van der Waals surface area contributed by atoms with Crippen molar-refractivity contribution in [2.45, 2.75) is 46.5 Å². The summed E-state index contributed by atoms with van der Waals surface area (Å²) in [6, 6.07) is 0. The summed E-state index contributed by atoms with van der Waals surface area (Å²) in [5.74, 6) is 3.41. The molecule has 21 heavy (non-hydrogen) atoms. The van der Waals surface area contributed by atoms with Gasteiger partial charge in [-0.25, -0.2) is 9.97 Å². The third-order valence-corrected chi connectivity index (χ3v) is 4.13. The number of aliphatic hydroxyl groups is 1. The van der Waals surface area contributed by atoms with Gasteiger partial charge in [0.25, 0.3) is 0 Å². The van der Waals surface area contributed by atoms with Crippen molar-refractivity contribution < 1.29 is 5.11 Å². The highest BCUT2D eigenvalue weighted by atomic mass is 16.3. The van der Waals surface area contributed by atoms with Crippen LogP contribution in [-0.2, 0) is 0 Å². The Bertz CT molecular complexity index is 462. The van der Waals surface area contributed by atoms with Gasteiger partial charge in [0.15, 0.2) is 0 Å². The highest BCUT2D eigenvalue weighted by Crippen LogP contribution is 2.28. The number of anilines is 2. The van der Waals surface area contributed by atoms with Gasteiger partial charge in [-0.15, -0.1) is 0 Å². The Hall–Kier alpha value is -1.36. The molecule has 1 saturated heterocycles. The molecule has 2 heterocycles. The average molecular weight is 292 g/mol. The minimum absolute atomic E-state index is 0.281. The SMILES string of the molecule is CCCNc1nc(C)nc(N2CCCC(CCO)C2)c1C. The second-order valence-electron chi connectivity index (χ2n) is 5.96. The lowest BCUT2D eigenvalue weighted by Crippen LogP contribution is -2.37. The van der Waals surface area contributed by atoms with Gasteiger partial charge in [0.05, 0.1) is 0 Å². The van der Waals surface area contributed by atoms with Gasteiger partial charge in [0.1, 0.15) is 17.5 Å². The van der Waals surface area contributed by atoms with Crippen molar-refractivity contribution in [3.05, 3.63) is 11.4 Å². The van der Waals surface area contributed by atoms with Crippen LogP contribution in [0.5, 0.6) is 0 Å². The normalized spacial score (nSPS) is 18.9.